The lowest BCUT2D eigenvalue weighted by Crippen LogP contribution is -1.87. The molecule has 0 saturated heterocycles. The van der Waals surface area contributed by atoms with Crippen molar-refractivity contribution in [3.05, 3.63) is 41.2 Å². The molecule has 1 heterocycles. The van der Waals surface area contributed by atoms with E-state index in [0.717, 1.165) is 23.5 Å². The maximum Gasteiger partial charge on any atom is 0.133 e. The third kappa shape index (κ3) is 2.60. The summed E-state index contributed by atoms with van der Waals surface area (Å²) in [5, 5.41) is 2.71. The quantitative estimate of drug-likeness (QED) is 0.749. The first-order chi connectivity index (χ1) is 7.81. The smallest absolute Gasteiger partial charge is 0.133 e. The van der Waals surface area contributed by atoms with Crippen molar-refractivity contribution >= 4 is 22.9 Å². The minimum absolute atomic E-state index is 0.222. The highest BCUT2D eigenvalue weighted by molar-refractivity contribution is 7.13. The van der Waals surface area contributed by atoms with Gasteiger partial charge in [-0.05, 0) is 25.0 Å². The Hall–Kier alpha value is -0.930. The molecule has 2 aromatic rings. The Morgan fingerprint density at radius 3 is 2.88 bits per heavy atom. The Balaban J connectivity index is 2.22. The summed E-state index contributed by atoms with van der Waals surface area (Å²) in [6.07, 6.45) is 1.76. The Bertz CT molecular complexity index is 470. The van der Waals surface area contributed by atoms with Gasteiger partial charge in [-0.1, -0.05) is 12.1 Å². The van der Waals surface area contributed by atoms with Gasteiger partial charge >= 0.3 is 0 Å². The van der Waals surface area contributed by atoms with E-state index in [9.17, 15) is 4.39 Å². The Kier molecular flexibility index (Phi) is 3.91. The third-order valence-electron chi connectivity index (χ3n) is 2.22. The lowest BCUT2D eigenvalue weighted by molar-refractivity contribution is 0.631. The van der Waals surface area contributed by atoms with Crippen LogP contribution in [0.5, 0.6) is 0 Å². The summed E-state index contributed by atoms with van der Waals surface area (Å²) in [7, 11) is 0. The lowest BCUT2D eigenvalue weighted by Gasteiger charge is -1.97. The zero-order valence-corrected chi connectivity index (χ0v) is 10.2. The van der Waals surface area contributed by atoms with Crippen molar-refractivity contribution in [3.8, 4) is 10.6 Å². The van der Waals surface area contributed by atoms with Crippen molar-refractivity contribution in [1.82, 2.24) is 4.98 Å². The molecule has 0 aliphatic rings. The van der Waals surface area contributed by atoms with Gasteiger partial charge in [0.1, 0.15) is 10.8 Å². The van der Waals surface area contributed by atoms with Crippen LogP contribution in [-0.4, -0.2) is 10.9 Å². The van der Waals surface area contributed by atoms with Gasteiger partial charge < -0.3 is 0 Å². The summed E-state index contributed by atoms with van der Waals surface area (Å²) in [6.45, 7) is 0. The molecule has 2 rings (SSSR count). The number of aromatic nitrogens is 1. The number of benzene rings is 1. The highest BCUT2D eigenvalue weighted by Gasteiger charge is 2.08. The number of rotatable bonds is 4. The van der Waals surface area contributed by atoms with Crippen molar-refractivity contribution in [2.24, 2.45) is 0 Å². The van der Waals surface area contributed by atoms with Crippen molar-refractivity contribution < 1.29 is 4.39 Å². The molecule has 0 atom stereocenters. The molecule has 0 N–H and O–H groups in total. The molecular weight excluding hydrogens is 245 g/mol. The van der Waals surface area contributed by atoms with Gasteiger partial charge in [0.05, 0.1) is 5.69 Å². The number of hydrogen-bond donors (Lipinski definition) is 0. The summed E-state index contributed by atoms with van der Waals surface area (Å²) in [5.74, 6) is 0.410. The van der Waals surface area contributed by atoms with E-state index in [1.165, 1.54) is 17.4 Å². The fourth-order valence-electron chi connectivity index (χ4n) is 1.43. The predicted molar refractivity (Wildman–Crippen MR) is 66.5 cm³/mol. The van der Waals surface area contributed by atoms with Crippen molar-refractivity contribution in [3.63, 3.8) is 0 Å². The van der Waals surface area contributed by atoms with Gasteiger partial charge in [-0.15, -0.1) is 22.9 Å². The Labute approximate surface area is 103 Å². The number of nitrogens with zero attached hydrogens (tertiary/aromatic N) is 1. The molecule has 1 nitrogen and oxygen atoms in total. The van der Waals surface area contributed by atoms with Crippen LogP contribution in [0.15, 0.2) is 29.6 Å². The first kappa shape index (κ1) is 11.6. The van der Waals surface area contributed by atoms with Gasteiger partial charge in [-0.2, -0.15) is 0 Å². The molecule has 0 fully saturated rings. The molecular formula is C12H11ClFNS. The zero-order chi connectivity index (χ0) is 11.4. The van der Waals surface area contributed by atoms with E-state index in [1.807, 2.05) is 11.4 Å². The lowest BCUT2D eigenvalue weighted by atomic mass is 10.2. The summed E-state index contributed by atoms with van der Waals surface area (Å²) < 4.78 is 13.5. The molecule has 1 aromatic carbocycles. The maximum absolute atomic E-state index is 13.5. The van der Waals surface area contributed by atoms with Crippen molar-refractivity contribution in [1.29, 1.82) is 0 Å². The normalized spacial score (nSPS) is 10.6. The molecule has 16 heavy (non-hydrogen) atoms. The first-order valence-electron chi connectivity index (χ1n) is 5.06. The average molecular weight is 256 g/mol. The van der Waals surface area contributed by atoms with E-state index in [2.05, 4.69) is 4.98 Å². The van der Waals surface area contributed by atoms with Gasteiger partial charge in [0.2, 0.25) is 0 Å². The number of hydrogen-bond acceptors (Lipinski definition) is 2. The molecule has 1 aromatic heterocycles. The van der Waals surface area contributed by atoms with Gasteiger partial charge in [-0.3, -0.25) is 0 Å². The van der Waals surface area contributed by atoms with Gasteiger partial charge in [0.25, 0.3) is 0 Å². The molecule has 0 unspecified atom stereocenters. The Morgan fingerprint density at radius 2 is 2.12 bits per heavy atom. The van der Waals surface area contributed by atoms with E-state index in [0.29, 0.717) is 11.4 Å². The molecule has 0 amide bonds. The largest absolute Gasteiger partial charge is 0.241 e. The number of aryl methyl sites for hydroxylation is 1. The van der Waals surface area contributed by atoms with Crippen LogP contribution in [0.2, 0.25) is 0 Å². The minimum Gasteiger partial charge on any atom is -0.241 e. The number of alkyl halides is 1. The van der Waals surface area contributed by atoms with E-state index in [4.69, 9.17) is 11.6 Å². The molecule has 0 bridgehead atoms. The van der Waals surface area contributed by atoms with Crippen molar-refractivity contribution in [2.45, 2.75) is 12.8 Å². The second kappa shape index (κ2) is 5.41. The molecule has 0 radical (unpaired) electrons. The summed E-state index contributed by atoms with van der Waals surface area (Å²) >= 11 is 7.09. The number of halogens is 2. The molecule has 0 aliphatic heterocycles. The SMILES string of the molecule is Fc1ccccc1-c1nc(CCCCl)cs1. The molecule has 0 saturated carbocycles. The molecule has 0 spiro atoms. The maximum atomic E-state index is 13.5. The van der Waals surface area contributed by atoms with Crippen LogP contribution in [0.25, 0.3) is 10.6 Å². The van der Waals surface area contributed by atoms with Crippen LogP contribution in [0.3, 0.4) is 0 Å². The molecule has 4 heteroatoms. The molecule has 84 valence electrons. The average Bonchev–Trinajstić information content (AvgIpc) is 2.75. The fraction of sp³-hybridized carbons (Fsp3) is 0.250. The second-order valence-electron chi connectivity index (χ2n) is 3.42. The van der Waals surface area contributed by atoms with E-state index in [1.54, 1.807) is 12.1 Å². The van der Waals surface area contributed by atoms with E-state index >= 15 is 0 Å². The highest BCUT2D eigenvalue weighted by Crippen LogP contribution is 2.26. The van der Waals surface area contributed by atoms with Gasteiger partial charge in [-0.25, -0.2) is 9.37 Å². The van der Waals surface area contributed by atoms with Crippen LogP contribution in [0.4, 0.5) is 4.39 Å². The minimum atomic E-state index is -0.222. The van der Waals surface area contributed by atoms with E-state index < -0.39 is 0 Å². The monoisotopic (exact) mass is 255 g/mol. The van der Waals surface area contributed by atoms with Crippen LogP contribution < -0.4 is 0 Å². The highest BCUT2D eigenvalue weighted by atomic mass is 35.5. The predicted octanol–water partition coefficient (Wildman–Crippen LogP) is 4.12. The van der Waals surface area contributed by atoms with Crippen LogP contribution in [0, 0.1) is 5.82 Å². The fourth-order valence-corrected chi connectivity index (χ4v) is 2.44. The van der Waals surface area contributed by atoms with Gasteiger partial charge in [0.15, 0.2) is 0 Å². The second-order valence-corrected chi connectivity index (χ2v) is 4.65. The number of thiazole rings is 1. The topological polar surface area (TPSA) is 12.9 Å². The first-order valence-corrected chi connectivity index (χ1v) is 6.48. The van der Waals surface area contributed by atoms with Gasteiger partial charge in [0, 0.05) is 16.8 Å². The van der Waals surface area contributed by atoms with Crippen molar-refractivity contribution in [2.75, 3.05) is 5.88 Å². The van der Waals surface area contributed by atoms with Crippen LogP contribution in [-0.2, 0) is 6.42 Å². The van der Waals surface area contributed by atoms with Crippen LogP contribution in [0.1, 0.15) is 12.1 Å². The van der Waals surface area contributed by atoms with Crippen LogP contribution >= 0.6 is 22.9 Å². The molecule has 0 aliphatic carbocycles. The Morgan fingerprint density at radius 1 is 1.31 bits per heavy atom. The zero-order valence-electron chi connectivity index (χ0n) is 8.62. The summed E-state index contributed by atoms with van der Waals surface area (Å²) in [4.78, 5) is 4.40. The standard InChI is InChI=1S/C12H11ClFNS/c13-7-3-4-9-8-16-12(15-9)10-5-1-2-6-11(10)14/h1-2,5-6,8H,3-4,7H2. The summed E-state index contributed by atoms with van der Waals surface area (Å²) in [6, 6.07) is 6.70. The summed E-state index contributed by atoms with van der Waals surface area (Å²) in [5.41, 5.74) is 1.56. The third-order valence-corrected chi connectivity index (χ3v) is 3.41. The van der Waals surface area contributed by atoms with E-state index in [-0.39, 0.29) is 5.82 Å².